The van der Waals surface area contributed by atoms with Gasteiger partial charge in [0.2, 0.25) is 0 Å². The number of ether oxygens (including phenoxy) is 1. The molecule has 0 amide bonds. The van der Waals surface area contributed by atoms with E-state index in [9.17, 15) is 18.7 Å². The van der Waals surface area contributed by atoms with Gasteiger partial charge in [-0.3, -0.25) is 9.67 Å². The van der Waals surface area contributed by atoms with Gasteiger partial charge in [0.1, 0.15) is 11.4 Å². The van der Waals surface area contributed by atoms with Crippen molar-refractivity contribution in [3.8, 4) is 28.1 Å². The predicted octanol–water partition coefficient (Wildman–Crippen LogP) is 4.28. The molecule has 2 heterocycles. The summed E-state index contributed by atoms with van der Waals surface area (Å²) in [7, 11) is 1.37. The molecule has 0 spiro atoms. The molecule has 0 fully saturated rings. The lowest BCUT2D eigenvalue weighted by molar-refractivity contribution is 0.0697. The number of aromatic carboxylic acids is 1. The van der Waals surface area contributed by atoms with Crippen LogP contribution in [0.1, 0.15) is 29.4 Å². The van der Waals surface area contributed by atoms with Crippen LogP contribution in [0.2, 0.25) is 0 Å². The summed E-state index contributed by atoms with van der Waals surface area (Å²) in [4.78, 5) is 15.4. The van der Waals surface area contributed by atoms with Crippen molar-refractivity contribution < 1.29 is 23.4 Å². The standard InChI is InChI=1S/C19H17F2N3O3/c1-3-24-7-6-15(23-24)11-4-5-12(19(25)26)13(8-11)14-9-16(18(20)21)22-10-17(14)27-2/h4-10,18H,3H2,1-2H3,(H,25,26). The van der Waals surface area contributed by atoms with E-state index in [2.05, 4.69) is 10.1 Å². The Balaban J connectivity index is 2.22. The number of carbonyl (C=O) groups is 1. The molecule has 140 valence electrons. The summed E-state index contributed by atoms with van der Waals surface area (Å²) in [6.45, 7) is 2.64. The number of halogens is 2. The van der Waals surface area contributed by atoms with E-state index in [1.165, 1.54) is 19.4 Å². The smallest absolute Gasteiger partial charge is 0.336 e. The van der Waals surface area contributed by atoms with Crippen LogP contribution in [0.5, 0.6) is 5.75 Å². The number of rotatable bonds is 6. The molecule has 0 radical (unpaired) electrons. The zero-order valence-electron chi connectivity index (χ0n) is 14.7. The number of alkyl halides is 2. The van der Waals surface area contributed by atoms with Gasteiger partial charge in [-0.25, -0.2) is 13.6 Å². The zero-order chi connectivity index (χ0) is 19.6. The van der Waals surface area contributed by atoms with Gasteiger partial charge >= 0.3 is 5.97 Å². The molecule has 0 aliphatic rings. The summed E-state index contributed by atoms with van der Waals surface area (Å²) in [5.74, 6) is -0.966. The van der Waals surface area contributed by atoms with Gasteiger partial charge in [-0.1, -0.05) is 6.07 Å². The van der Waals surface area contributed by atoms with Gasteiger partial charge in [0, 0.05) is 29.4 Å². The fraction of sp³-hybridized carbons (Fsp3) is 0.211. The summed E-state index contributed by atoms with van der Waals surface area (Å²) < 4.78 is 33.2. The van der Waals surface area contributed by atoms with Crippen LogP contribution in [0.3, 0.4) is 0 Å². The summed E-state index contributed by atoms with van der Waals surface area (Å²) in [6, 6.07) is 7.63. The lowest BCUT2D eigenvalue weighted by Gasteiger charge is -2.13. The molecule has 0 aliphatic carbocycles. The average Bonchev–Trinajstić information content (AvgIpc) is 3.16. The minimum atomic E-state index is -2.79. The number of aromatic nitrogens is 3. The number of nitrogens with zero attached hydrogens (tertiary/aromatic N) is 3. The van der Waals surface area contributed by atoms with Crippen LogP contribution in [0, 0.1) is 0 Å². The molecule has 0 aliphatic heterocycles. The van der Waals surface area contributed by atoms with E-state index in [0.29, 0.717) is 17.8 Å². The van der Waals surface area contributed by atoms with E-state index in [4.69, 9.17) is 4.74 Å². The Morgan fingerprint density at radius 3 is 2.63 bits per heavy atom. The topological polar surface area (TPSA) is 77.2 Å². The molecule has 27 heavy (non-hydrogen) atoms. The molecule has 0 bridgehead atoms. The van der Waals surface area contributed by atoms with E-state index in [0.717, 1.165) is 6.07 Å². The molecule has 2 aromatic heterocycles. The third-order valence-corrected chi connectivity index (χ3v) is 4.13. The fourth-order valence-corrected chi connectivity index (χ4v) is 2.76. The van der Waals surface area contributed by atoms with Crippen molar-refractivity contribution in [2.75, 3.05) is 7.11 Å². The highest BCUT2D eigenvalue weighted by Crippen LogP contribution is 2.36. The maximum atomic E-state index is 13.1. The second-order valence-electron chi connectivity index (χ2n) is 5.73. The number of hydrogen-bond donors (Lipinski definition) is 1. The van der Waals surface area contributed by atoms with Crippen molar-refractivity contribution in [2.45, 2.75) is 19.9 Å². The number of hydrogen-bond acceptors (Lipinski definition) is 4. The van der Waals surface area contributed by atoms with Gasteiger partial charge in [0.15, 0.2) is 0 Å². The van der Waals surface area contributed by atoms with Gasteiger partial charge in [0.05, 0.1) is 24.6 Å². The van der Waals surface area contributed by atoms with E-state index in [1.807, 2.05) is 13.1 Å². The Hall–Kier alpha value is -3.29. The van der Waals surface area contributed by atoms with Crippen LogP contribution in [-0.2, 0) is 6.54 Å². The van der Waals surface area contributed by atoms with Crippen LogP contribution >= 0.6 is 0 Å². The number of aryl methyl sites for hydroxylation is 1. The molecule has 6 nitrogen and oxygen atoms in total. The van der Waals surface area contributed by atoms with E-state index in [-0.39, 0.29) is 22.4 Å². The SMILES string of the molecule is CCn1ccc(-c2ccc(C(=O)O)c(-c3cc(C(F)F)ncc3OC)c2)n1. The van der Waals surface area contributed by atoms with E-state index >= 15 is 0 Å². The summed E-state index contributed by atoms with van der Waals surface area (Å²) >= 11 is 0. The number of methoxy groups -OCH3 is 1. The lowest BCUT2D eigenvalue weighted by atomic mass is 9.95. The second-order valence-corrected chi connectivity index (χ2v) is 5.73. The molecule has 3 aromatic rings. The van der Waals surface area contributed by atoms with Gasteiger partial charge in [0.25, 0.3) is 6.43 Å². The van der Waals surface area contributed by atoms with Crippen LogP contribution < -0.4 is 4.74 Å². The van der Waals surface area contributed by atoms with Gasteiger partial charge in [-0.15, -0.1) is 0 Å². The molecule has 1 aromatic carbocycles. The maximum Gasteiger partial charge on any atom is 0.336 e. The van der Waals surface area contributed by atoms with Crippen LogP contribution in [-0.4, -0.2) is 33.0 Å². The second kappa shape index (κ2) is 7.53. The summed E-state index contributed by atoms with van der Waals surface area (Å²) in [5, 5.41) is 14.0. The number of pyridine rings is 1. The first-order valence-electron chi connectivity index (χ1n) is 8.18. The highest BCUT2D eigenvalue weighted by Gasteiger charge is 2.20. The maximum absolute atomic E-state index is 13.1. The first-order valence-corrected chi connectivity index (χ1v) is 8.18. The fourth-order valence-electron chi connectivity index (χ4n) is 2.76. The highest BCUT2D eigenvalue weighted by molar-refractivity contribution is 5.98. The Morgan fingerprint density at radius 1 is 1.26 bits per heavy atom. The van der Waals surface area contributed by atoms with Crippen molar-refractivity contribution in [1.29, 1.82) is 0 Å². The summed E-state index contributed by atoms with van der Waals surface area (Å²) in [5.41, 5.74) is 1.32. The van der Waals surface area contributed by atoms with Crippen molar-refractivity contribution in [1.82, 2.24) is 14.8 Å². The number of carboxylic acid groups (broad SMARTS) is 1. The van der Waals surface area contributed by atoms with Crippen LogP contribution in [0.4, 0.5) is 8.78 Å². The lowest BCUT2D eigenvalue weighted by Crippen LogP contribution is -2.03. The Morgan fingerprint density at radius 2 is 2.04 bits per heavy atom. The predicted molar refractivity (Wildman–Crippen MR) is 95.0 cm³/mol. The third-order valence-electron chi connectivity index (χ3n) is 4.13. The minimum absolute atomic E-state index is 0.0293. The Bertz CT molecular complexity index is 986. The van der Waals surface area contributed by atoms with Gasteiger partial charge < -0.3 is 9.84 Å². The largest absolute Gasteiger partial charge is 0.494 e. The first kappa shape index (κ1) is 18.5. The molecule has 1 N–H and O–H groups in total. The summed E-state index contributed by atoms with van der Waals surface area (Å²) in [6.07, 6.45) is 0.189. The Kier molecular flexibility index (Phi) is 5.16. The molecule has 0 saturated heterocycles. The molecular formula is C19H17F2N3O3. The molecule has 0 unspecified atom stereocenters. The first-order chi connectivity index (χ1) is 12.9. The van der Waals surface area contributed by atoms with Gasteiger partial charge in [-0.2, -0.15) is 5.10 Å². The quantitative estimate of drug-likeness (QED) is 0.698. The van der Waals surface area contributed by atoms with Crippen LogP contribution in [0.15, 0.2) is 42.7 Å². The molecule has 0 atom stereocenters. The molecule has 8 heteroatoms. The molecular weight excluding hydrogens is 356 g/mol. The normalized spacial score (nSPS) is 11.0. The van der Waals surface area contributed by atoms with E-state index in [1.54, 1.807) is 22.9 Å². The zero-order valence-corrected chi connectivity index (χ0v) is 14.7. The van der Waals surface area contributed by atoms with Crippen molar-refractivity contribution >= 4 is 5.97 Å². The third kappa shape index (κ3) is 3.64. The van der Waals surface area contributed by atoms with E-state index < -0.39 is 18.1 Å². The minimum Gasteiger partial charge on any atom is -0.494 e. The highest BCUT2D eigenvalue weighted by atomic mass is 19.3. The van der Waals surface area contributed by atoms with Gasteiger partial charge in [-0.05, 0) is 31.2 Å². The number of carboxylic acids is 1. The van der Waals surface area contributed by atoms with Crippen molar-refractivity contribution in [2.24, 2.45) is 0 Å². The average molecular weight is 373 g/mol. The number of benzene rings is 1. The Labute approximate surface area is 154 Å². The monoisotopic (exact) mass is 373 g/mol. The van der Waals surface area contributed by atoms with Crippen LogP contribution in [0.25, 0.3) is 22.4 Å². The molecule has 0 saturated carbocycles. The van der Waals surface area contributed by atoms with Crippen molar-refractivity contribution in [3.05, 3.63) is 54.0 Å². The molecule has 3 rings (SSSR count). The van der Waals surface area contributed by atoms with Crippen molar-refractivity contribution in [3.63, 3.8) is 0 Å².